The number of aliphatic hydroxyl groups is 1. The van der Waals surface area contributed by atoms with Crippen molar-refractivity contribution >= 4 is 11.6 Å². The zero-order chi connectivity index (χ0) is 13.4. The van der Waals surface area contributed by atoms with Gasteiger partial charge in [0.15, 0.2) is 0 Å². The Hall–Kier alpha value is -0.740. The van der Waals surface area contributed by atoms with Crippen LogP contribution in [0.25, 0.3) is 0 Å². The van der Waals surface area contributed by atoms with Crippen molar-refractivity contribution in [3.63, 3.8) is 0 Å². The number of alkyl halides is 4. The Morgan fingerprint density at radius 1 is 1.17 bits per heavy atom. The molecule has 2 unspecified atom stereocenters. The lowest BCUT2D eigenvalue weighted by Gasteiger charge is -2.36. The highest BCUT2D eigenvalue weighted by Crippen LogP contribution is 2.43. The highest BCUT2D eigenvalue weighted by molar-refractivity contribution is 6.24. The van der Waals surface area contributed by atoms with Crippen LogP contribution in [0.5, 0.6) is 0 Å². The van der Waals surface area contributed by atoms with Crippen LogP contribution in [0.3, 0.4) is 0 Å². The van der Waals surface area contributed by atoms with Crippen molar-refractivity contribution in [2.24, 2.45) is 0 Å². The number of halogens is 4. The van der Waals surface area contributed by atoms with E-state index in [1.54, 1.807) is 0 Å². The smallest absolute Gasteiger partial charge is 0.391 e. The topological polar surface area (TPSA) is 20.2 Å². The van der Waals surface area contributed by atoms with Gasteiger partial charge in [-0.05, 0) is 30.5 Å². The predicted octanol–water partition coefficient (Wildman–Crippen LogP) is 4.07. The van der Waals surface area contributed by atoms with Crippen molar-refractivity contribution in [1.82, 2.24) is 0 Å². The lowest BCUT2D eigenvalue weighted by Crippen LogP contribution is -2.37. The van der Waals surface area contributed by atoms with Crippen LogP contribution in [0.1, 0.15) is 36.8 Å². The number of hydrogen-bond donors (Lipinski definition) is 1. The van der Waals surface area contributed by atoms with Gasteiger partial charge in [-0.1, -0.05) is 25.0 Å². The molecular formula is C13H14ClF3O. The Labute approximate surface area is 109 Å². The van der Waals surface area contributed by atoms with Gasteiger partial charge in [-0.3, -0.25) is 0 Å². The van der Waals surface area contributed by atoms with Crippen molar-refractivity contribution in [1.29, 1.82) is 0 Å². The molecule has 1 aromatic rings. The van der Waals surface area contributed by atoms with Gasteiger partial charge in [0.25, 0.3) is 0 Å². The van der Waals surface area contributed by atoms with Crippen LogP contribution >= 0.6 is 11.6 Å². The standard InChI is InChI=1S/C13H14ClF3O/c14-12(8-2-1-3-11(12)18)9-4-6-10(7-5-9)13(15,16)17/h4-7,11,18H,1-3,8H2. The lowest BCUT2D eigenvalue weighted by atomic mass is 9.80. The normalized spacial score (nSPS) is 29.3. The monoisotopic (exact) mass is 278 g/mol. The number of benzene rings is 1. The quantitative estimate of drug-likeness (QED) is 0.768. The Balaban J connectivity index is 2.28. The SMILES string of the molecule is OC1CCCCC1(Cl)c1ccc(C(F)(F)F)cc1. The van der Waals surface area contributed by atoms with Crippen molar-refractivity contribution in [2.45, 2.75) is 42.8 Å². The molecule has 1 aromatic carbocycles. The average Bonchev–Trinajstić information content (AvgIpc) is 2.32. The summed E-state index contributed by atoms with van der Waals surface area (Å²) >= 11 is 6.39. The van der Waals surface area contributed by atoms with Crippen LogP contribution in [0.4, 0.5) is 13.2 Å². The second-order valence-electron chi connectivity index (χ2n) is 4.70. The number of hydrogen-bond acceptors (Lipinski definition) is 1. The molecule has 0 heterocycles. The van der Waals surface area contributed by atoms with E-state index < -0.39 is 22.7 Å². The van der Waals surface area contributed by atoms with Crippen molar-refractivity contribution < 1.29 is 18.3 Å². The average molecular weight is 279 g/mol. The molecule has 0 aromatic heterocycles. The Bertz CT molecular complexity index is 415. The van der Waals surface area contributed by atoms with Gasteiger partial charge in [-0.15, -0.1) is 11.6 Å². The lowest BCUT2D eigenvalue weighted by molar-refractivity contribution is -0.137. The minimum atomic E-state index is -4.34. The highest BCUT2D eigenvalue weighted by Gasteiger charge is 2.40. The van der Waals surface area contributed by atoms with Gasteiger partial charge in [0, 0.05) is 0 Å². The minimum absolute atomic E-state index is 0.560. The molecule has 1 fully saturated rings. The number of rotatable bonds is 1. The highest BCUT2D eigenvalue weighted by atomic mass is 35.5. The molecule has 0 spiro atoms. The molecule has 1 nitrogen and oxygen atoms in total. The van der Waals surface area contributed by atoms with Crippen LogP contribution < -0.4 is 0 Å². The van der Waals surface area contributed by atoms with Crippen LogP contribution in [-0.2, 0) is 11.1 Å². The van der Waals surface area contributed by atoms with Gasteiger partial charge in [0.1, 0.15) is 0 Å². The molecule has 0 bridgehead atoms. The van der Waals surface area contributed by atoms with Crippen molar-refractivity contribution in [3.8, 4) is 0 Å². The van der Waals surface area contributed by atoms with Gasteiger partial charge in [0.05, 0.1) is 16.5 Å². The molecule has 5 heteroatoms. The molecule has 0 aliphatic heterocycles. The van der Waals surface area contributed by atoms with Crippen LogP contribution in [-0.4, -0.2) is 11.2 Å². The van der Waals surface area contributed by atoms with Crippen molar-refractivity contribution in [2.75, 3.05) is 0 Å². The van der Waals surface area contributed by atoms with Crippen LogP contribution in [0.2, 0.25) is 0 Å². The maximum Gasteiger partial charge on any atom is 0.416 e. The van der Waals surface area contributed by atoms with Gasteiger partial charge in [-0.25, -0.2) is 0 Å². The molecule has 2 rings (SSSR count). The van der Waals surface area contributed by atoms with E-state index in [9.17, 15) is 18.3 Å². The molecule has 0 saturated heterocycles. The maximum absolute atomic E-state index is 12.5. The van der Waals surface area contributed by atoms with E-state index in [0.29, 0.717) is 18.4 Å². The zero-order valence-corrected chi connectivity index (χ0v) is 10.4. The summed E-state index contributed by atoms with van der Waals surface area (Å²) in [5, 5.41) is 9.96. The Morgan fingerprint density at radius 2 is 1.78 bits per heavy atom. The first-order valence-electron chi connectivity index (χ1n) is 5.89. The second kappa shape index (κ2) is 4.74. The van der Waals surface area contributed by atoms with E-state index >= 15 is 0 Å². The first-order valence-corrected chi connectivity index (χ1v) is 6.26. The molecule has 100 valence electrons. The van der Waals surface area contributed by atoms with E-state index in [-0.39, 0.29) is 0 Å². The van der Waals surface area contributed by atoms with Gasteiger partial charge < -0.3 is 5.11 Å². The van der Waals surface area contributed by atoms with E-state index in [4.69, 9.17) is 11.6 Å². The minimum Gasteiger partial charge on any atom is -0.391 e. The molecule has 0 radical (unpaired) electrons. The summed E-state index contributed by atoms with van der Waals surface area (Å²) in [5.41, 5.74) is -0.138. The van der Waals surface area contributed by atoms with Gasteiger partial charge >= 0.3 is 6.18 Å². The van der Waals surface area contributed by atoms with E-state index in [1.165, 1.54) is 12.1 Å². The van der Waals surface area contributed by atoms with E-state index in [1.807, 2.05) is 0 Å². The van der Waals surface area contributed by atoms with E-state index in [2.05, 4.69) is 0 Å². The fourth-order valence-electron chi connectivity index (χ4n) is 2.39. The summed E-state index contributed by atoms with van der Waals surface area (Å²) in [6.45, 7) is 0. The third-order valence-electron chi connectivity index (χ3n) is 3.49. The molecule has 1 aliphatic rings. The molecule has 0 amide bonds. The third kappa shape index (κ3) is 2.50. The predicted molar refractivity (Wildman–Crippen MR) is 63.4 cm³/mol. The summed E-state index contributed by atoms with van der Waals surface area (Å²) in [6, 6.07) is 4.76. The maximum atomic E-state index is 12.5. The Morgan fingerprint density at radius 3 is 2.28 bits per heavy atom. The Kier molecular flexibility index (Phi) is 3.60. The van der Waals surface area contributed by atoms with Crippen LogP contribution in [0.15, 0.2) is 24.3 Å². The summed E-state index contributed by atoms with van der Waals surface area (Å²) in [7, 11) is 0. The summed E-state index contributed by atoms with van der Waals surface area (Å²) in [5.74, 6) is 0. The van der Waals surface area contributed by atoms with Gasteiger partial charge in [-0.2, -0.15) is 13.2 Å². The summed E-state index contributed by atoms with van der Waals surface area (Å²) in [6.07, 6.45) is -2.10. The van der Waals surface area contributed by atoms with Crippen LogP contribution in [0, 0.1) is 0 Å². The fourth-order valence-corrected chi connectivity index (χ4v) is 2.76. The third-order valence-corrected chi connectivity index (χ3v) is 4.15. The fraction of sp³-hybridized carbons (Fsp3) is 0.538. The number of aliphatic hydroxyl groups excluding tert-OH is 1. The van der Waals surface area contributed by atoms with E-state index in [0.717, 1.165) is 25.0 Å². The van der Waals surface area contributed by atoms with Gasteiger partial charge in [0.2, 0.25) is 0 Å². The van der Waals surface area contributed by atoms with Crippen molar-refractivity contribution in [3.05, 3.63) is 35.4 Å². The molecule has 2 atom stereocenters. The molecule has 1 aliphatic carbocycles. The second-order valence-corrected chi connectivity index (χ2v) is 5.37. The summed E-state index contributed by atoms with van der Waals surface area (Å²) < 4.78 is 37.4. The molecule has 1 saturated carbocycles. The first-order chi connectivity index (χ1) is 8.34. The molecule has 1 N–H and O–H groups in total. The summed E-state index contributed by atoms with van der Waals surface area (Å²) in [4.78, 5) is -0.942. The zero-order valence-electron chi connectivity index (χ0n) is 9.67. The molecular weight excluding hydrogens is 265 g/mol. The largest absolute Gasteiger partial charge is 0.416 e. The molecule has 18 heavy (non-hydrogen) atoms. The first kappa shape index (κ1) is 13.7.